The van der Waals surface area contributed by atoms with Gasteiger partial charge < -0.3 is 9.53 Å². The highest BCUT2D eigenvalue weighted by Gasteiger charge is 2.21. The fourth-order valence-corrected chi connectivity index (χ4v) is 1.37. The standard InChI is InChI=1S/C11H18O3/c1-9(12)6-7-10(13)4-2-3-5-11-8-14-11/h11H,2-8H2,1H3. The highest BCUT2D eigenvalue weighted by molar-refractivity contribution is 5.84. The van der Waals surface area contributed by atoms with E-state index in [9.17, 15) is 9.59 Å². The molecule has 1 fully saturated rings. The molecule has 1 rings (SSSR count). The summed E-state index contributed by atoms with van der Waals surface area (Å²) >= 11 is 0. The Labute approximate surface area is 84.8 Å². The zero-order valence-corrected chi connectivity index (χ0v) is 8.75. The van der Waals surface area contributed by atoms with Gasteiger partial charge in [-0.15, -0.1) is 0 Å². The number of epoxide rings is 1. The number of ether oxygens (including phenoxy) is 1. The van der Waals surface area contributed by atoms with Crippen molar-refractivity contribution >= 4 is 11.6 Å². The molecule has 0 aromatic carbocycles. The molecule has 0 bridgehead atoms. The van der Waals surface area contributed by atoms with Crippen LogP contribution in [-0.2, 0) is 14.3 Å². The predicted molar refractivity (Wildman–Crippen MR) is 53.1 cm³/mol. The molecule has 3 heteroatoms. The van der Waals surface area contributed by atoms with Gasteiger partial charge in [-0.25, -0.2) is 0 Å². The third kappa shape index (κ3) is 5.86. The van der Waals surface area contributed by atoms with Crippen molar-refractivity contribution in [1.29, 1.82) is 0 Å². The second-order valence-corrected chi connectivity index (χ2v) is 3.94. The Morgan fingerprint density at radius 1 is 1.21 bits per heavy atom. The molecule has 0 radical (unpaired) electrons. The first-order chi connectivity index (χ1) is 6.68. The molecule has 1 atom stereocenters. The number of hydrogen-bond acceptors (Lipinski definition) is 3. The number of Topliss-reactive ketones (excluding diaryl/α,β-unsaturated/α-hetero) is 2. The number of unbranched alkanes of at least 4 members (excludes halogenated alkanes) is 1. The van der Waals surface area contributed by atoms with Crippen molar-refractivity contribution in [1.82, 2.24) is 0 Å². The van der Waals surface area contributed by atoms with Crippen LogP contribution in [0.2, 0.25) is 0 Å². The van der Waals surface area contributed by atoms with E-state index in [0.717, 1.165) is 25.9 Å². The van der Waals surface area contributed by atoms with Crippen molar-refractivity contribution in [3.63, 3.8) is 0 Å². The molecule has 0 aromatic heterocycles. The topological polar surface area (TPSA) is 46.7 Å². The number of carbonyl (C=O) groups excluding carboxylic acids is 2. The molecule has 0 spiro atoms. The Morgan fingerprint density at radius 3 is 2.50 bits per heavy atom. The van der Waals surface area contributed by atoms with Crippen molar-refractivity contribution in [3.8, 4) is 0 Å². The molecule has 80 valence electrons. The smallest absolute Gasteiger partial charge is 0.133 e. The van der Waals surface area contributed by atoms with Gasteiger partial charge >= 0.3 is 0 Å². The highest BCUT2D eigenvalue weighted by atomic mass is 16.6. The summed E-state index contributed by atoms with van der Waals surface area (Å²) in [5, 5.41) is 0. The van der Waals surface area contributed by atoms with Crippen LogP contribution in [0.3, 0.4) is 0 Å². The monoisotopic (exact) mass is 198 g/mol. The molecule has 0 N–H and O–H groups in total. The van der Waals surface area contributed by atoms with Crippen molar-refractivity contribution in [2.75, 3.05) is 6.61 Å². The van der Waals surface area contributed by atoms with E-state index >= 15 is 0 Å². The Hall–Kier alpha value is -0.700. The summed E-state index contributed by atoms with van der Waals surface area (Å²) < 4.78 is 5.06. The lowest BCUT2D eigenvalue weighted by Crippen LogP contribution is -2.01. The van der Waals surface area contributed by atoms with Gasteiger partial charge in [0.05, 0.1) is 12.7 Å². The number of ketones is 2. The molecule has 0 aliphatic carbocycles. The van der Waals surface area contributed by atoms with Gasteiger partial charge in [0.25, 0.3) is 0 Å². The number of hydrogen-bond donors (Lipinski definition) is 0. The molecule has 0 aromatic rings. The van der Waals surface area contributed by atoms with Crippen LogP contribution >= 0.6 is 0 Å². The number of rotatable bonds is 8. The minimum absolute atomic E-state index is 0.102. The van der Waals surface area contributed by atoms with E-state index in [4.69, 9.17) is 4.74 Å². The third-order valence-electron chi connectivity index (χ3n) is 2.39. The fourth-order valence-electron chi connectivity index (χ4n) is 1.37. The van der Waals surface area contributed by atoms with E-state index in [-0.39, 0.29) is 11.6 Å². The molecule has 0 amide bonds. The minimum atomic E-state index is 0.102. The lowest BCUT2D eigenvalue weighted by atomic mass is 10.1. The summed E-state index contributed by atoms with van der Waals surface area (Å²) in [7, 11) is 0. The highest BCUT2D eigenvalue weighted by Crippen LogP contribution is 2.17. The van der Waals surface area contributed by atoms with Crippen molar-refractivity contribution in [2.24, 2.45) is 0 Å². The first kappa shape index (κ1) is 11.4. The van der Waals surface area contributed by atoms with Crippen LogP contribution in [-0.4, -0.2) is 24.3 Å². The maximum Gasteiger partial charge on any atom is 0.133 e. The van der Waals surface area contributed by atoms with Gasteiger partial charge in [0, 0.05) is 19.3 Å². The van der Waals surface area contributed by atoms with Crippen LogP contribution in [0.1, 0.15) is 45.4 Å². The van der Waals surface area contributed by atoms with Crippen LogP contribution in [0.5, 0.6) is 0 Å². The number of carbonyl (C=O) groups is 2. The first-order valence-corrected chi connectivity index (χ1v) is 5.31. The van der Waals surface area contributed by atoms with Crippen molar-refractivity contribution < 1.29 is 14.3 Å². The second kappa shape index (κ2) is 5.91. The largest absolute Gasteiger partial charge is 0.373 e. The van der Waals surface area contributed by atoms with E-state index in [1.165, 1.54) is 6.92 Å². The first-order valence-electron chi connectivity index (χ1n) is 5.31. The summed E-state index contributed by atoms with van der Waals surface area (Å²) in [4.78, 5) is 21.8. The molecule has 0 saturated carbocycles. The Morgan fingerprint density at radius 2 is 1.93 bits per heavy atom. The third-order valence-corrected chi connectivity index (χ3v) is 2.39. The van der Waals surface area contributed by atoms with Crippen molar-refractivity contribution in [2.45, 2.75) is 51.6 Å². The minimum Gasteiger partial charge on any atom is -0.373 e. The molecule has 1 unspecified atom stereocenters. The summed E-state index contributed by atoms with van der Waals surface area (Å²) in [5.41, 5.74) is 0. The Kier molecular flexibility index (Phi) is 4.80. The van der Waals surface area contributed by atoms with E-state index in [1.807, 2.05) is 0 Å². The van der Waals surface area contributed by atoms with Gasteiger partial charge in [-0.2, -0.15) is 0 Å². The second-order valence-electron chi connectivity index (χ2n) is 3.94. The van der Waals surface area contributed by atoms with Crippen molar-refractivity contribution in [3.05, 3.63) is 0 Å². The Bertz CT molecular complexity index is 207. The van der Waals surface area contributed by atoms with Gasteiger partial charge in [0.1, 0.15) is 11.6 Å². The average Bonchev–Trinajstić information content (AvgIpc) is 2.92. The molecular formula is C11H18O3. The van der Waals surface area contributed by atoms with Crippen LogP contribution < -0.4 is 0 Å². The van der Waals surface area contributed by atoms with Gasteiger partial charge in [0.15, 0.2) is 0 Å². The zero-order chi connectivity index (χ0) is 10.4. The molecule has 1 aliphatic rings. The Balaban J connectivity index is 1.88. The van der Waals surface area contributed by atoms with E-state index < -0.39 is 0 Å². The van der Waals surface area contributed by atoms with E-state index in [2.05, 4.69) is 0 Å². The quantitative estimate of drug-likeness (QED) is 0.442. The van der Waals surface area contributed by atoms with Gasteiger partial charge in [-0.1, -0.05) is 6.42 Å². The fraction of sp³-hybridized carbons (Fsp3) is 0.818. The average molecular weight is 198 g/mol. The molecule has 1 saturated heterocycles. The van der Waals surface area contributed by atoms with Crippen LogP contribution in [0.25, 0.3) is 0 Å². The molecule has 1 heterocycles. The van der Waals surface area contributed by atoms with Gasteiger partial charge in [-0.3, -0.25) is 4.79 Å². The van der Waals surface area contributed by atoms with E-state index in [1.54, 1.807) is 0 Å². The van der Waals surface area contributed by atoms with Gasteiger partial charge in [-0.05, 0) is 19.8 Å². The molecular weight excluding hydrogens is 180 g/mol. The summed E-state index contributed by atoms with van der Waals surface area (Å²) in [6.07, 6.45) is 5.02. The lowest BCUT2D eigenvalue weighted by Gasteiger charge is -1.98. The summed E-state index contributed by atoms with van der Waals surface area (Å²) in [6, 6.07) is 0. The SMILES string of the molecule is CC(=O)CCC(=O)CCCCC1CO1. The van der Waals surface area contributed by atoms with E-state index in [0.29, 0.717) is 25.4 Å². The van der Waals surface area contributed by atoms with Gasteiger partial charge in [0.2, 0.25) is 0 Å². The molecule has 3 nitrogen and oxygen atoms in total. The van der Waals surface area contributed by atoms with Crippen LogP contribution in [0.4, 0.5) is 0 Å². The van der Waals surface area contributed by atoms with Crippen LogP contribution in [0.15, 0.2) is 0 Å². The van der Waals surface area contributed by atoms with Crippen LogP contribution in [0, 0.1) is 0 Å². The lowest BCUT2D eigenvalue weighted by molar-refractivity contribution is -0.123. The summed E-state index contributed by atoms with van der Waals surface area (Å²) in [6.45, 7) is 2.43. The normalized spacial score (nSPS) is 19.4. The predicted octanol–water partition coefficient (Wildman–Crippen LogP) is 1.88. The molecule has 1 aliphatic heterocycles. The maximum atomic E-state index is 11.2. The summed E-state index contributed by atoms with van der Waals surface area (Å²) in [5.74, 6) is 0.321. The zero-order valence-electron chi connectivity index (χ0n) is 8.75. The maximum absolute atomic E-state index is 11.2. The molecule has 14 heavy (non-hydrogen) atoms.